The third-order valence-electron chi connectivity index (χ3n) is 4.37. The zero-order chi connectivity index (χ0) is 18.0. The zero-order valence-electron chi connectivity index (χ0n) is 15.6. The molecule has 3 rings (SSSR count). The molecule has 1 aromatic heterocycles. The minimum atomic E-state index is 0.183. The molecule has 0 aliphatic carbocycles. The molecule has 3 heteroatoms. The zero-order valence-corrected chi connectivity index (χ0v) is 15.6. The molecular weight excluding hydrogens is 306 g/mol. The lowest BCUT2D eigenvalue weighted by atomic mass is 10.0. The molecule has 2 aromatic carbocycles. The fraction of sp³-hybridized carbons (Fsp3) is 0.273. The summed E-state index contributed by atoms with van der Waals surface area (Å²) in [5.74, 6) is 1.63. The number of rotatable bonds is 4. The molecule has 0 aliphatic rings. The van der Waals surface area contributed by atoms with Crippen molar-refractivity contribution in [3.05, 3.63) is 76.6 Å². The van der Waals surface area contributed by atoms with Gasteiger partial charge in [0.2, 0.25) is 0 Å². The number of benzene rings is 2. The quantitative estimate of drug-likeness (QED) is 0.681. The van der Waals surface area contributed by atoms with Gasteiger partial charge in [-0.25, -0.2) is 9.97 Å². The Bertz CT molecular complexity index is 879. The van der Waals surface area contributed by atoms with Crippen molar-refractivity contribution in [2.24, 2.45) is 0 Å². The summed E-state index contributed by atoms with van der Waals surface area (Å²) in [6.07, 6.45) is 0. The predicted octanol–water partition coefficient (Wildman–Crippen LogP) is 5.55. The maximum Gasteiger partial charge on any atom is 0.130 e. The molecule has 0 amide bonds. The molecule has 0 bridgehead atoms. The van der Waals surface area contributed by atoms with Gasteiger partial charge in [0, 0.05) is 11.6 Å². The van der Waals surface area contributed by atoms with Gasteiger partial charge in [0.25, 0.3) is 0 Å². The van der Waals surface area contributed by atoms with E-state index >= 15 is 0 Å². The van der Waals surface area contributed by atoms with E-state index in [1.54, 1.807) is 0 Å². The standard InChI is InChI=1S/C22H25N3/c1-14-10-15(2)12-19(11-14)21-13-22(25-18(5)24-21)23-17(4)20-9-7-6-8-16(20)3/h6-13,17H,1-5H3,(H,23,24,25). The van der Waals surface area contributed by atoms with Crippen molar-refractivity contribution in [2.45, 2.75) is 40.7 Å². The van der Waals surface area contributed by atoms with Crippen molar-refractivity contribution in [2.75, 3.05) is 5.32 Å². The highest BCUT2D eigenvalue weighted by Gasteiger charge is 2.11. The third-order valence-corrected chi connectivity index (χ3v) is 4.37. The molecule has 0 saturated heterocycles. The average molecular weight is 331 g/mol. The highest BCUT2D eigenvalue weighted by molar-refractivity contribution is 5.64. The summed E-state index contributed by atoms with van der Waals surface area (Å²) in [5, 5.41) is 3.53. The first-order chi connectivity index (χ1) is 11.9. The maximum absolute atomic E-state index is 4.63. The minimum absolute atomic E-state index is 0.183. The van der Waals surface area contributed by atoms with Gasteiger partial charge >= 0.3 is 0 Å². The van der Waals surface area contributed by atoms with Crippen molar-refractivity contribution >= 4 is 5.82 Å². The van der Waals surface area contributed by atoms with Gasteiger partial charge in [-0.2, -0.15) is 0 Å². The van der Waals surface area contributed by atoms with E-state index in [0.717, 1.165) is 22.9 Å². The largest absolute Gasteiger partial charge is 0.363 e. The Balaban J connectivity index is 1.93. The average Bonchev–Trinajstić information content (AvgIpc) is 2.53. The molecule has 0 saturated carbocycles. The number of nitrogens with zero attached hydrogens (tertiary/aromatic N) is 2. The van der Waals surface area contributed by atoms with Crippen molar-refractivity contribution in [1.29, 1.82) is 0 Å². The maximum atomic E-state index is 4.63. The van der Waals surface area contributed by atoms with E-state index in [4.69, 9.17) is 0 Å². The van der Waals surface area contributed by atoms with E-state index in [1.165, 1.54) is 22.3 Å². The first-order valence-electron chi connectivity index (χ1n) is 8.69. The Morgan fingerprint density at radius 1 is 0.840 bits per heavy atom. The van der Waals surface area contributed by atoms with Gasteiger partial charge in [0.1, 0.15) is 11.6 Å². The summed E-state index contributed by atoms with van der Waals surface area (Å²) in [6.45, 7) is 10.5. The van der Waals surface area contributed by atoms with Crippen LogP contribution < -0.4 is 5.32 Å². The van der Waals surface area contributed by atoms with Crippen LogP contribution in [0.25, 0.3) is 11.3 Å². The van der Waals surface area contributed by atoms with Gasteiger partial charge < -0.3 is 5.32 Å². The Morgan fingerprint density at radius 2 is 1.52 bits per heavy atom. The van der Waals surface area contributed by atoms with E-state index in [-0.39, 0.29) is 6.04 Å². The monoisotopic (exact) mass is 331 g/mol. The second-order valence-corrected chi connectivity index (χ2v) is 6.78. The molecule has 0 radical (unpaired) electrons. The minimum Gasteiger partial charge on any atom is -0.363 e. The van der Waals surface area contributed by atoms with Gasteiger partial charge in [0.15, 0.2) is 0 Å². The summed E-state index contributed by atoms with van der Waals surface area (Å²) in [7, 11) is 0. The van der Waals surface area contributed by atoms with Gasteiger partial charge in [-0.3, -0.25) is 0 Å². The van der Waals surface area contributed by atoms with E-state index < -0.39 is 0 Å². The summed E-state index contributed by atoms with van der Waals surface area (Å²) < 4.78 is 0. The molecule has 1 atom stereocenters. The van der Waals surface area contributed by atoms with Crippen molar-refractivity contribution in [3.63, 3.8) is 0 Å². The van der Waals surface area contributed by atoms with Crippen LogP contribution in [0.5, 0.6) is 0 Å². The molecule has 25 heavy (non-hydrogen) atoms. The third kappa shape index (κ3) is 4.05. The molecule has 1 unspecified atom stereocenters. The second-order valence-electron chi connectivity index (χ2n) is 6.78. The van der Waals surface area contributed by atoms with E-state index in [9.17, 15) is 0 Å². The Hall–Kier alpha value is -2.68. The van der Waals surface area contributed by atoms with Gasteiger partial charge in [-0.1, -0.05) is 41.5 Å². The summed E-state index contributed by atoms with van der Waals surface area (Å²) >= 11 is 0. The van der Waals surface area contributed by atoms with Crippen LogP contribution in [0.3, 0.4) is 0 Å². The number of aryl methyl sites for hydroxylation is 4. The normalized spacial score (nSPS) is 12.0. The van der Waals surface area contributed by atoms with Crippen LogP contribution in [-0.2, 0) is 0 Å². The second kappa shape index (κ2) is 7.06. The molecule has 0 fully saturated rings. The summed E-state index contributed by atoms with van der Waals surface area (Å²) in [4.78, 5) is 9.21. The Labute approximate surface area is 150 Å². The van der Waals surface area contributed by atoms with Crippen LogP contribution in [-0.4, -0.2) is 9.97 Å². The summed E-state index contributed by atoms with van der Waals surface area (Å²) in [5.41, 5.74) is 7.14. The fourth-order valence-electron chi connectivity index (χ4n) is 3.28. The fourth-order valence-corrected chi connectivity index (χ4v) is 3.28. The lowest BCUT2D eigenvalue weighted by Gasteiger charge is -2.18. The smallest absolute Gasteiger partial charge is 0.130 e. The first kappa shape index (κ1) is 17.2. The highest BCUT2D eigenvalue weighted by Crippen LogP contribution is 2.25. The van der Waals surface area contributed by atoms with Crippen LogP contribution in [0.2, 0.25) is 0 Å². The number of nitrogens with one attached hydrogen (secondary N) is 1. The van der Waals surface area contributed by atoms with Gasteiger partial charge in [0.05, 0.1) is 11.7 Å². The molecule has 1 N–H and O–H groups in total. The lowest BCUT2D eigenvalue weighted by molar-refractivity contribution is 0.858. The Kier molecular flexibility index (Phi) is 4.84. The van der Waals surface area contributed by atoms with E-state index in [1.807, 2.05) is 13.0 Å². The number of aromatic nitrogens is 2. The highest BCUT2D eigenvalue weighted by atomic mass is 15.0. The molecular formula is C22H25N3. The number of anilines is 1. The molecule has 3 nitrogen and oxygen atoms in total. The number of hydrogen-bond acceptors (Lipinski definition) is 3. The van der Waals surface area contributed by atoms with Gasteiger partial charge in [-0.15, -0.1) is 0 Å². The lowest BCUT2D eigenvalue weighted by Crippen LogP contribution is -2.10. The van der Waals surface area contributed by atoms with E-state index in [2.05, 4.69) is 85.4 Å². The predicted molar refractivity (Wildman–Crippen MR) is 105 cm³/mol. The van der Waals surface area contributed by atoms with Crippen LogP contribution in [0.4, 0.5) is 5.82 Å². The van der Waals surface area contributed by atoms with Crippen LogP contribution in [0, 0.1) is 27.7 Å². The molecule has 3 aromatic rings. The summed E-state index contributed by atoms with van der Waals surface area (Å²) in [6, 6.07) is 17.2. The van der Waals surface area contributed by atoms with Crippen LogP contribution in [0.15, 0.2) is 48.5 Å². The molecule has 128 valence electrons. The van der Waals surface area contributed by atoms with Crippen LogP contribution in [0.1, 0.15) is 41.0 Å². The first-order valence-corrected chi connectivity index (χ1v) is 8.69. The number of hydrogen-bond donors (Lipinski definition) is 1. The van der Waals surface area contributed by atoms with Crippen LogP contribution >= 0.6 is 0 Å². The van der Waals surface area contributed by atoms with Crippen molar-refractivity contribution < 1.29 is 0 Å². The van der Waals surface area contributed by atoms with Crippen molar-refractivity contribution in [1.82, 2.24) is 9.97 Å². The van der Waals surface area contributed by atoms with Gasteiger partial charge in [-0.05, 0) is 57.9 Å². The molecule has 1 heterocycles. The van der Waals surface area contributed by atoms with Crippen molar-refractivity contribution in [3.8, 4) is 11.3 Å². The SMILES string of the molecule is Cc1cc(C)cc(-c2cc(NC(C)c3ccccc3C)nc(C)n2)c1. The molecule has 0 spiro atoms. The Morgan fingerprint density at radius 3 is 2.20 bits per heavy atom. The van der Waals surface area contributed by atoms with E-state index in [0.29, 0.717) is 0 Å². The topological polar surface area (TPSA) is 37.8 Å². The molecule has 0 aliphatic heterocycles.